The molecule has 1 aliphatic rings. The van der Waals surface area contributed by atoms with Gasteiger partial charge in [0.25, 0.3) is 5.91 Å². The number of nitrogens with two attached hydrogens (primary N) is 1. The molecule has 0 fully saturated rings. The molecule has 0 spiro atoms. The molecule has 2 aromatic rings. The zero-order valence-corrected chi connectivity index (χ0v) is 12.2. The summed E-state index contributed by atoms with van der Waals surface area (Å²) in [6, 6.07) is 10.1. The summed E-state index contributed by atoms with van der Waals surface area (Å²) in [4.78, 5) is 16.2. The summed E-state index contributed by atoms with van der Waals surface area (Å²) in [5, 5.41) is 3.35. The van der Waals surface area contributed by atoms with Crippen molar-refractivity contribution in [2.24, 2.45) is 0 Å². The van der Waals surface area contributed by atoms with E-state index in [0.29, 0.717) is 10.6 Å². The van der Waals surface area contributed by atoms with Crippen molar-refractivity contribution in [1.82, 2.24) is 10.3 Å². The second-order valence-electron chi connectivity index (χ2n) is 5.27. The molecule has 1 aromatic heterocycles. The number of halogens is 1. The molecule has 1 amide bonds. The third-order valence-corrected chi connectivity index (χ3v) is 4.12. The molecule has 1 aromatic carbocycles. The molecule has 0 saturated heterocycles. The SMILES string of the molecule is Nc1ncc(C(=O)NC2CCc3ccccc3C2)cc1Cl. The maximum absolute atomic E-state index is 12.2. The Hall–Kier alpha value is -2.07. The van der Waals surface area contributed by atoms with Gasteiger partial charge in [-0.1, -0.05) is 35.9 Å². The molecular formula is C16H16ClN3O. The van der Waals surface area contributed by atoms with Crippen LogP contribution in [0.3, 0.4) is 0 Å². The molecule has 1 aliphatic carbocycles. The minimum Gasteiger partial charge on any atom is -0.382 e. The van der Waals surface area contributed by atoms with E-state index >= 15 is 0 Å². The van der Waals surface area contributed by atoms with Gasteiger partial charge in [-0.3, -0.25) is 4.79 Å². The fraction of sp³-hybridized carbons (Fsp3) is 0.250. The second kappa shape index (κ2) is 5.74. The lowest BCUT2D eigenvalue weighted by Gasteiger charge is -2.25. The third kappa shape index (κ3) is 3.00. The predicted molar refractivity (Wildman–Crippen MR) is 83.4 cm³/mol. The number of aromatic nitrogens is 1. The first-order valence-electron chi connectivity index (χ1n) is 6.92. The van der Waals surface area contributed by atoms with E-state index in [1.807, 2.05) is 6.07 Å². The standard InChI is InChI=1S/C16H16ClN3O/c17-14-8-12(9-19-15(14)18)16(21)20-13-6-5-10-3-1-2-4-11(10)7-13/h1-4,8-9,13H,5-7H2,(H2,18,19)(H,20,21). The second-order valence-corrected chi connectivity index (χ2v) is 5.68. The van der Waals surface area contributed by atoms with Gasteiger partial charge in [-0.25, -0.2) is 4.98 Å². The van der Waals surface area contributed by atoms with Crippen molar-refractivity contribution in [3.63, 3.8) is 0 Å². The Balaban J connectivity index is 1.70. The molecule has 0 radical (unpaired) electrons. The first-order valence-corrected chi connectivity index (χ1v) is 7.30. The van der Waals surface area contributed by atoms with Gasteiger partial charge in [-0.15, -0.1) is 0 Å². The molecular weight excluding hydrogens is 286 g/mol. The normalized spacial score (nSPS) is 17.1. The van der Waals surface area contributed by atoms with Gasteiger partial charge in [-0.2, -0.15) is 0 Å². The lowest BCUT2D eigenvalue weighted by molar-refractivity contribution is 0.0933. The van der Waals surface area contributed by atoms with E-state index in [1.54, 1.807) is 6.07 Å². The van der Waals surface area contributed by atoms with Gasteiger partial charge < -0.3 is 11.1 Å². The van der Waals surface area contributed by atoms with Crippen LogP contribution < -0.4 is 11.1 Å². The van der Waals surface area contributed by atoms with Gasteiger partial charge in [0.15, 0.2) is 0 Å². The van der Waals surface area contributed by atoms with E-state index in [-0.39, 0.29) is 17.8 Å². The highest BCUT2D eigenvalue weighted by atomic mass is 35.5. The van der Waals surface area contributed by atoms with Crippen molar-refractivity contribution in [3.05, 3.63) is 58.2 Å². The Morgan fingerprint density at radius 1 is 1.33 bits per heavy atom. The summed E-state index contributed by atoms with van der Waals surface area (Å²) in [7, 11) is 0. The van der Waals surface area contributed by atoms with E-state index < -0.39 is 0 Å². The highest BCUT2D eigenvalue weighted by Gasteiger charge is 2.20. The van der Waals surface area contributed by atoms with Crippen LogP contribution in [-0.2, 0) is 12.8 Å². The summed E-state index contributed by atoms with van der Waals surface area (Å²) in [6.45, 7) is 0. The minimum absolute atomic E-state index is 0.142. The number of anilines is 1. The first kappa shape index (κ1) is 13.9. The molecule has 108 valence electrons. The Bertz CT molecular complexity index is 687. The molecule has 1 heterocycles. The molecule has 1 atom stereocenters. The van der Waals surface area contributed by atoms with Crippen molar-refractivity contribution < 1.29 is 4.79 Å². The number of hydrogen-bond acceptors (Lipinski definition) is 3. The smallest absolute Gasteiger partial charge is 0.253 e. The quantitative estimate of drug-likeness (QED) is 0.896. The van der Waals surface area contributed by atoms with Gasteiger partial charge >= 0.3 is 0 Å². The highest BCUT2D eigenvalue weighted by molar-refractivity contribution is 6.33. The van der Waals surface area contributed by atoms with E-state index in [2.05, 4.69) is 28.5 Å². The summed E-state index contributed by atoms with van der Waals surface area (Å²) in [5.74, 6) is 0.0774. The molecule has 3 N–H and O–H groups in total. The molecule has 3 rings (SSSR count). The van der Waals surface area contributed by atoms with Crippen LogP contribution in [0.4, 0.5) is 5.82 Å². The first-order chi connectivity index (χ1) is 10.1. The van der Waals surface area contributed by atoms with Crippen LogP contribution in [0.2, 0.25) is 5.02 Å². The average molecular weight is 302 g/mol. The Morgan fingerprint density at radius 2 is 2.10 bits per heavy atom. The average Bonchev–Trinajstić information content (AvgIpc) is 2.50. The molecule has 4 nitrogen and oxygen atoms in total. The van der Waals surface area contributed by atoms with Crippen LogP contribution in [-0.4, -0.2) is 16.9 Å². The van der Waals surface area contributed by atoms with Gasteiger partial charge in [0.2, 0.25) is 0 Å². The van der Waals surface area contributed by atoms with Crippen molar-refractivity contribution in [3.8, 4) is 0 Å². The van der Waals surface area contributed by atoms with E-state index in [1.165, 1.54) is 17.3 Å². The van der Waals surface area contributed by atoms with Crippen LogP contribution in [0.5, 0.6) is 0 Å². The number of nitrogens with one attached hydrogen (secondary N) is 1. The summed E-state index contributed by atoms with van der Waals surface area (Å²) in [5.41, 5.74) is 8.67. The Labute approximate surface area is 128 Å². The largest absolute Gasteiger partial charge is 0.382 e. The third-order valence-electron chi connectivity index (χ3n) is 3.81. The number of aryl methyl sites for hydroxylation is 1. The van der Waals surface area contributed by atoms with Gasteiger partial charge in [0.05, 0.1) is 10.6 Å². The number of nitrogen functional groups attached to an aromatic ring is 1. The van der Waals surface area contributed by atoms with Crippen LogP contribution in [0.25, 0.3) is 0 Å². The molecule has 21 heavy (non-hydrogen) atoms. The van der Waals surface area contributed by atoms with Gasteiger partial charge in [0, 0.05) is 12.2 Å². The van der Waals surface area contributed by atoms with E-state index in [4.69, 9.17) is 17.3 Å². The maximum Gasteiger partial charge on any atom is 0.253 e. The zero-order chi connectivity index (χ0) is 14.8. The van der Waals surface area contributed by atoms with Crippen LogP contribution >= 0.6 is 11.6 Å². The number of nitrogens with zero attached hydrogens (tertiary/aromatic N) is 1. The van der Waals surface area contributed by atoms with E-state index in [0.717, 1.165) is 19.3 Å². The number of hydrogen-bond donors (Lipinski definition) is 2. The fourth-order valence-electron chi connectivity index (χ4n) is 2.66. The fourth-order valence-corrected chi connectivity index (χ4v) is 2.83. The lowest BCUT2D eigenvalue weighted by atomic mass is 9.88. The Kier molecular flexibility index (Phi) is 3.80. The summed E-state index contributed by atoms with van der Waals surface area (Å²) >= 11 is 5.90. The minimum atomic E-state index is -0.159. The van der Waals surface area contributed by atoms with Gasteiger partial charge in [-0.05, 0) is 36.5 Å². The molecule has 1 unspecified atom stereocenters. The number of benzene rings is 1. The number of amides is 1. The number of carbonyl (C=O) groups is 1. The van der Waals surface area contributed by atoms with Crippen LogP contribution in [0.15, 0.2) is 36.5 Å². The molecule has 5 heteroatoms. The molecule has 0 bridgehead atoms. The molecule has 0 saturated carbocycles. The summed E-state index contributed by atoms with van der Waals surface area (Å²) < 4.78 is 0. The summed E-state index contributed by atoms with van der Waals surface area (Å²) in [6.07, 6.45) is 4.24. The van der Waals surface area contributed by atoms with Crippen molar-refractivity contribution >= 4 is 23.3 Å². The lowest BCUT2D eigenvalue weighted by Crippen LogP contribution is -2.38. The monoisotopic (exact) mass is 301 g/mol. The zero-order valence-electron chi connectivity index (χ0n) is 11.5. The molecule has 0 aliphatic heterocycles. The van der Waals surface area contributed by atoms with Crippen LogP contribution in [0.1, 0.15) is 27.9 Å². The van der Waals surface area contributed by atoms with E-state index in [9.17, 15) is 4.79 Å². The number of fused-ring (bicyclic) bond motifs is 1. The van der Waals surface area contributed by atoms with Gasteiger partial charge in [0.1, 0.15) is 5.82 Å². The maximum atomic E-state index is 12.2. The topological polar surface area (TPSA) is 68.0 Å². The van der Waals surface area contributed by atoms with Crippen molar-refractivity contribution in [2.75, 3.05) is 5.73 Å². The predicted octanol–water partition coefficient (Wildman–Crippen LogP) is 2.60. The number of pyridine rings is 1. The van der Waals surface area contributed by atoms with Crippen molar-refractivity contribution in [1.29, 1.82) is 0 Å². The highest BCUT2D eigenvalue weighted by Crippen LogP contribution is 2.22. The van der Waals surface area contributed by atoms with Crippen LogP contribution in [0, 0.1) is 0 Å². The number of carbonyl (C=O) groups excluding carboxylic acids is 1. The number of rotatable bonds is 2. The van der Waals surface area contributed by atoms with Crippen molar-refractivity contribution in [2.45, 2.75) is 25.3 Å². The Morgan fingerprint density at radius 3 is 2.86 bits per heavy atom.